The fourth-order valence-corrected chi connectivity index (χ4v) is 5.18. The van der Waals surface area contributed by atoms with Gasteiger partial charge in [0.1, 0.15) is 17.6 Å². The number of hydrogen-bond donors (Lipinski definition) is 1. The highest BCUT2D eigenvalue weighted by Crippen LogP contribution is 2.70. The lowest BCUT2D eigenvalue weighted by molar-refractivity contribution is -0.292. The van der Waals surface area contributed by atoms with Gasteiger partial charge < -0.3 is 18.9 Å². The molecule has 0 radical (unpaired) electrons. The van der Waals surface area contributed by atoms with Gasteiger partial charge in [-0.05, 0) is 24.1 Å². The Labute approximate surface area is 192 Å². The van der Waals surface area contributed by atoms with Crippen LogP contribution in [0.25, 0.3) is 0 Å². The summed E-state index contributed by atoms with van der Waals surface area (Å²) in [5.74, 6) is -1.88. The van der Waals surface area contributed by atoms with Gasteiger partial charge in [-0.15, -0.1) is 0 Å². The van der Waals surface area contributed by atoms with Crippen LogP contribution in [0.5, 0.6) is 11.5 Å². The van der Waals surface area contributed by atoms with Crippen LogP contribution >= 0.6 is 0 Å². The summed E-state index contributed by atoms with van der Waals surface area (Å²) in [5.41, 5.74) is -2.92. The summed E-state index contributed by atoms with van der Waals surface area (Å²) in [6.07, 6.45) is -0.897. The Morgan fingerprint density at radius 2 is 1.58 bits per heavy atom. The van der Waals surface area contributed by atoms with E-state index in [2.05, 4.69) is 18.2 Å². The Bertz CT molecular complexity index is 1190. The SMILES string of the molecule is CCC1C2(c3ccccc3)OC(=N)C1(C#N)C(C#N)(C#N)C(c1cc(OC)cc(OC)c1)O2. The fourth-order valence-electron chi connectivity index (χ4n) is 5.18. The zero-order valence-corrected chi connectivity index (χ0v) is 18.5. The van der Waals surface area contributed by atoms with Crippen LogP contribution in [0.2, 0.25) is 0 Å². The second kappa shape index (κ2) is 7.81. The van der Waals surface area contributed by atoms with E-state index in [0.29, 0.717) is 29.0 Å². The van der Waals surface area contributed by atoms with Crippen molar-refractivity contribution < 1.29 is 18.9 Å². The van der Waals surface area contributed by atoms with Gasteiger partial charge in [-0.1, -0.05) is 37.3 Å². The molecule has 33 heavy (non-hydrogen) atoms. The maximum atomic E-state index is 10.5. The minimum atomic E-state index is -2.06. The van der Waals surface area contributed by atoms with Crippen molar-refractivity contribution in [1.82, 2.24) is 0 Å². The molecule has 0 spiro atoms. The molecule has 4 unspecified atom stereocenters. The van der Waals surface area contributed by atoms with Crippen molar-refractivity contribution in [3.8, 4) is 29.7 Å². The topological polar surface area (TPSA) is 132 Å². The van der Waals surface area contributed by atoms with Gasteiger partial charge >= 0.3 is 0 Å². The first kappa shape index (κ1) is 22.1. The molecule has 166 valence electrons. The summed E-state index contributed by atoms with van der Waals surface area (Å²) in [4.78, 5) is 0. The van der Waals surface area contributed by atoms with Crippen molar-refractivity contribution in [2.75, 3.05) is 14.2 Å². The Morgan fingerprint density at radius 3 is 2.06 bits per heavy atom. The van der Waals surface area contributed by atoms with E-state index in [0.717, 1.165) is 0 Å². The molecule has 4 rings (SSSR count). The molecule has 2 heterocycles. The lowest BCUT2D eigenvalue weighted by Crippen LogP contribution is -2.58. The maximum absolute atomic E-state index is 10.5. The Morgan fingerprint density at radius 1 is 0.970 bits per heavy atom. The molecule has 2 aromatic rings. The number of benzene rings is 2. The zero-order chi connectivity index (χ0) is 23.9. The van der Waals surface area contributed by atoms with Gasteiger partial charge in [-0.3, -0.25) is 5.41 Å². The average Bonchev–Trinajstić information content (AvgIpc) is 3.07. The van der Waals surface area contributed by atoms with E-state index >= 15 is 0 Å². The van der Waals surface area contributed by atoms with Gasteiger partial charge in [-0.2, -0.15) is 15.8 Å². The zero-order valence-electron chi connectivity index (χ0n) is 18.5. The third kappa shape index (κ3) is 2.67. The van der Waals surface area contributed by atoms with Crippen molar-refractivity contribution in [3.05, 3.63) is 59.7 Å². The fraction of sp³-hybridized carbons (Fsp3) is 0.360. The second-order valence-corrected chi connectivity index (χ2v) is 8.02. The molecule has 2 aromatic carbocycles. The third-order valence-corrected chi connectivity index (χ3v) is 6.69. The summed E-state index contributed by atoms with van der Waals surface area (Å²) in [5, 5.41) is 40.0. The Balaban J connectivity index is 2.07. The molecular formula is C25H22N4O4. The molecule has 2 bridgehead atoms. The molecule has 0 aromatic heterocycles. The third-order valence-electron chi connectivity index (χ3n) is 6.69. The predicted molar refractivity (Wildman–Crippen MR) is 116 cm³/mol. The Hall–Kier alpha value is -4.06. The first-order valence-electron chi connectivity index (χ1n) is 10.4. The van der Waals surface area contributed by atoms with Crippen LogP contribution in [-0.2, 0) is 15.3 Å². The highest BCUT2D eigenvalue weighted by atomic mass is 16.7. The predicted octanol–water partition coefficient (Wildman–Crippen LogP) is 4.21. The molecule has 8 heteroatoms. The van der Waals surface area contributed by atoms with Crippen molar-refractivity contribution in [2.45, 2.75) is 25.2 Å². The molecule has 2 fully saturated rings. The smallest absolute Gasteiger partial charge is 0.244 e. The van der Waals surface area contributed by atoms with Gasteiger partial charge in [0, 0.05) is 11.6 Å². The van der Waals surface area contributed by atoms with Gasteiger partial charge in [0.2, 0.25) is 17.1 Å². The lowest BCUT2D eigenvalue weighted by Gasteiger charge is -2.49. The van der Waals surface area contributed by atoms with Gasteiger partial charge in [-0.25, -0.2) is 0 Å². The van der Waals surface area contributed by atoms with Gasteiger partial charge in [0.15, 0.2) is 5.41 Å². The molecule has 8 nitrogen and oxygen atoms in total. The summed E-state index contributed by atoms with van der Waals surface area (Å²) in [6, 6.07) is 20.2. The van der Waals surface area contributed by atoms with Crippen molar-refractivity contribution in [2.24, 2.45) is 16.7 Å². The Kier molecular flexibility index (Phi) is 5.24. The minimum absolute atomic E-state index is 0.337. The molecule has 2 saturated heterocycles. The normalized spacial score (nSPS) is 29.2. The van der Waals surface area contributed by atoms with Crippen LogP contribution in [0.4, 0.5) is 0 Å². The molecule has 1 N–H and O–H groups in total. The number of nitrogens with zero attached hydrogens (tertiary/aromatic N) is 3. The second-order valence-electron chi connectivity index (χ2n) is 8.02. The quantitative estimate of drug-likeness (QED) is 0.733. The van der Waals surface area contributed by atoms with Crippen LogP contribution in [0.1, 0.15) is 30.6 Å². The number of rotatable bonds is 5. The molecule has 2 aliphatic rings. The summed E-state index contributed by atoms with van der Waals surface area (Å²) in [6.45, 7) is 1.83. The van der Waals surface area contributed by atoms with Gasteiger partial charge in [0.05, 0.1) is 38.3 Å². The van der Waals surface area contributed by atoms with E-state index in [1.807, 2.05) is 13.0 Å². The van der Waals surface area contributed by atoms with Crippen molar-refractivity contribution >= 4 is 5.90 Å². The van der Waals surface area contributed by atoms with Crippen LogP contribution in [0, 0.1) is 56.2 Å². The molecule has 0 amide bonds. The van der Waals surface area contributed by atoms with Gasteiger partial charge in [0.25, 0.3) is 0 Å². The van der Waals surface area contributed by atoms with Crippen LogP contribution in [0.3, 0.4) is 0 Å². The summed E-state index contributed by atoms with van der Waals surface area (Å²) >= 11 is 0. The molecular weight excluding hydrogens is 420 g/mol. The van der Waals surface area contributed by atoms with Crippen LogP contribution < -0.4 is 9.47 Å². The van der Waals surface area contributed by atoms with E-state index < -0.39 is 34.5 Å². The van der Waals surface area contributed by atoms with Crippen molar-refractivity contribution in [1.29, 1.82) is 21.2 Å². The maximum Gasteiger partial charge on any atom is 0.244 e. The molecule has 2 aliphatic heterocycles. The highest BCUT2D eigenvalue weighted by molar-refractivity contribution is 5.89. The summed E-state index contributed by atoms with van der Waals surface area (Å²) in [7, 11) is 2.97. The minimum Gasteiger partial charge on any atom is -0.497 e. The first-order valence-corrected chi connectivity index (χ1v) is 10.4. The van der Waals surface area contributed by atoms with Crippen LogP contribution in [-0.4, -0.2) is 20.1 Å². The largest absolute Gasteiger partial charge is 0.497 e. The van der Waals surface area contributed by atoms with E-state index in [9.17, 15) is 15.8 Å². The summed E-state index contributed by atoms with van der Waals surface area (Å²) < 4.78 is 23.4. The number of methoxy groups -OCH3 is 2. The van der Waals surface area contributed by atoms with Crippen molar-refractivity contribution in [3.63, 3.8) is 0 Å². The number of hydrogen-bond acceptors (Lipinski definition) is 8. The molecule has 4 atom stereocenters. The highest BCUT2D eigenvalue weighted by Gasteiger charge is 2.80. The number of nitrogens with one attached hydrogen (secondary N) is 1. The lowest BCUT2D eigenvalue weighted by atomic mass is 9.52. The number of ether oxygens (including phenoxy) is 4. The van der Waals surface area contributed by atoms with E-state index in [1.54, 1.807) is 42.5 Å². The first-order chi connectivity index (χ1) is 15.9. The van der Waals surface area contributed by atoms with E-state index in [4.69, 9.17) is 24.4 Å². The number of nitriles is 3. The number of fused-ring (bicyclic) bond motifs is 2. The van der Waals surface area contributed by atoms with E-state index in [-0.39, 0.29) is 0 Å². The molecule has 0 saturated carbocycles. The molecule has 0 aliphatic carbocycles. The van der Waals surface area contributed by atoms with E-state index in [1.165, 1.54) is 14.2 Å². The average molecular weight is 442 g/mol. The standard InChI is InChI=1S/C25H22N4O4/c1-4-20-24(15-28)22(29)33-25(20,17-8-6-5-7-9-17)32-21(23(24,13-26)14-27)16-10-18(30-2)12-19(11-16)31-3/h5-12,20-21,29H,4H2,1-3H3. The van der Waals surface area contributed by atoms with Crippen LogP contribution in [0.15, 0.2) is 48.5 Å². The monoisotopic (exact) mass is 442 g/mol.